The lowest BCUT2D eigenvalue weighted by molar-refractivity contribution is -0.127. The summed E-state index contributed by atoms with van der Waals surface area (Å²) >= 11 is 0. The van der Waals surface area contributed by atoms with Crippen LogP contribution in [-0.2, 0) is 4.79 Å². The summed E-state index contributed by atoms with van der Waals surface area (Å²) in [4.78, 5) is 22.4. The molecule has 9 nitrogen and oxygen atoms in total. The van der Waals surface area contributed by atoms with Crippen LogP contribution in [0.2, 0.25) is 0 Å². The minimum absolute atomic E-state index is 0.0995. The number of hydrogen-bond acceptors (Lipinski definition) is 6. The molecule has 6 rings (SSSR count). The fourth-order valence-corrected chi connectivity index (χ4v) is 4.84. The van der Waals surface area contributed by atoms with Gasteiger partial charge in [0, 0.05) is 49.7 Å². The van der Waals surface area contributed by atoms with Gasteiger partial charge in [-0.25, -0.2) is 4.52 Å². The van der Waals surface area contributed by atoms with Gasteiger partial charge in [-0.3, -0.25) is 9.89 Å². The van der Waals surface area contributed by atoms with Crippen molar-refractivity contribution in [1.82, 2.24) is 29.7 Å². The van der Waals surface area contributed by atoms with Crippen LogP contribution >= 0.6 is 0 Å². The lowest BCUT2D eigenvalue weighted by Crippen LogP contribution is -2.49. The Labute approximate surface area is 209 Å². The third-order valence-corrected chi connectivity index (χ3v) is 6.71. The number of aromatic amines is 1. The number of amides is 1. The van der Waals surface area contributed by atoms with E-state index in [-0.39, 0.29) is 5.91 Å². The van der Waals surface area contributed by atoms with Gasteiger partial charge in [0.05, 0.1) is 0 Å². The van der Waals surface area contributed by atoms with Gasteiger partial charge in [-0.05, 0) is 43.0 Å². The van der Waals surface area contributed by atoms with Gasteiger partial charge in [-0.15, -0.1) is 5.10 Å². The zero-order valence-electron chi connectivity index (χ0n) is 20.2. The Morgan fingerprint density at radius 1 is 1.06 bits per heavy atom. The first kappa shape index (κ1) is 22.1. The predicted molar refractivity (Wildman–Crippen MR) is 140 cm³/mol. The number of carbonyl (C=O) groups excluding carboxylic acids is 1. The van der Waals surface area contributed by atoms with Crippen LogP contribution in [0.3, 0.4) is 0 Å². The van der Waals surface area contributed by atoms with Crippen LogP contribution in [0.25, 0.3) is 11.1 Å². The highest BCUT2D eigenvalue weighted by Crippen LogP contribution is 2.30. The molecule has 0 saturated carbocycles. The topological polar surface area (TPSA) is 94.5 Å². The minimum atomic E-state index is 0.0995. The Kier molecular flexibility index (Phi) is 5.73. The molecule has 9 heteroatoms. The number of H-pyrrole nitrogens is 1. The monoisotopic (exact) mass is 480 g/mol. The summed E-state index contributed by atoms with van der Waals surface area (Å²) in [6.07, 6.45) is 7.86. The van der Waals surface area contributed by atoms with Crippen LogP contribution in [0, 0.1) is 6.92 Å². The van der Waals surface area contributed by atoms with Crippen LogP contribution < -0.4 is 10.2 Å². The number of hydrogen-bond donors (Lipinski definition) is 2. The number of fused-ring (bicyclic) bond motifs is 1. The van der Waals surface area contributed by atoms with E-state index in [2.05, 4.69) is 38.6 Å². The minimum Gasteiger partial charge on any atom is -0.336 e. The molecule has 1 saturated heterocycles. The number of rotatable bonds is 5. The normalized spacial score (nSPS) is 16.1. The van der Waals surface area contributed by atoms with Crippen LogP contribution in [-0.4, -0.2) is 61.8 Å². The van der Waals surface area contributed by atoms with Crippen molar-refractivity contribution in [3.8, 4) is 0 Å². The highest BCUT2D eigenvalue weighted by Gasteiger charge is 2.27. The van der Waals surface area contributed by atoms with Gasteiger partial charge in [0.25, 0.3) is 5.91 Å². The van der Waals surface area contributed by atoms with E-state index in [1.165, 1.54) is 0 Å². The third-order valence-electron chi connectivity index (χ3n) is 6.71. The summed E-state index contributed by atoms with van der Waals surface area (Å²) in [6, 6.07) is 16.1. The molecule has 0 radical (unpaired) electrons. The highest BCUT2D eigenvalue weighted by atomic mass is 16.2. The summed E-state index contributed by atoms with van der Waals surface area (Å²) in [5, 5.41) is 15.2. The number of aryl methyl sites for hydroxylation is 1. The molecule has 1 fully saturated rings. The second kappa shape index (κ2) is 9.33. The zero-order valence-corrected chi connectivity index (χ0v) is 20.2. The maximum atomic E-state index is 13.5. The summed E-state index contributed by atoms with van der Waals surface area (Å²) < 4.78 is 1.82. The summed E-state index contributed by atoms with van der Waals surface area (Å²) in [5.74, 6) is 2.13. The summed E-state index contributed by atoms with van der Waals surface area (Å²) in [5.41, 5.74) is 4.92. The van der Waals surface area contributed by atoms with Gasteiger partial charge in [0.2, 0.25) is 5.95 Å². The Hall–Kier alpha value is -4.40. The van der Waals surface area contributed by atoms with Crippen molar-refractivity contribution in [3.63, 3.8) is 0 Å². The van der Waals surface area contributed by atoms with E-state index in [4.69, 9.17) is 10.1 Å². The molecule has 36 heavy (non-hydrogen) atoms. The lowest BCUT2D eigenvalue weighted by atomic mass is 9.91. The average Bonchev–Trinajstić information content (AvgIpc) is 3.57. The van der Waals surface area contributed by atoms with Crippen LogP contribution in [0.1, 0.15) is 24.1 Å². The van der Waals surface area contributed by atoms with Crippen LogP contribution in [0.4, 0.5) is 17.6 Å². The molecule has 1 amide bonds. The molecule has 0 atom stereocenters. The second-order valence-electron chi connectivity index (χ2n) is 9.14. The molecular weight excluding hydrogens is 452 g/mol. The van der Waals surface area contributed by atoms with Crippen molar-refractivity contribution in [1.29, 1.82) is 0 Å². The van der Waals surface area contributed by atoms with Gasteiger partial charge in [0.15, 0.2) is 11.6 Å². The Morgan fingerprint density at radius 3 is 2.67 bits per heavy atom. The van der Waals surface area contributed by atoms with Gasteiger partial charge in [-0.1, -0.05) is 42.5 Å². The second-order valence-corrected chi connectivity index (χ2v) is 9.14. The number of anilines is 3. The van der Waals surface area contributed by atoms with E-state index in [0.29, 0.717) is 43.8 Å². The first-order valence-corrected chi connectivity index (χ1v) is 12.3. The number of piperazine rings is 1. The molecule has 1 aromatic carbocycles. The maximum absolute atomic E-state index is 13.5. The van der Waals surface area contributed by atoms with Gasteiger partial charge in [0.1, 0.15) is 5.52 Å². The van der Waals surface area contributed by atoms with E-state index in [0.717, 1.165) is 40.8 Å². The molecule has 0 bridgehead atoms. The maximum Gasteiger partial charge on any atom is 0.254 e. The van der Waals surface area contributed by atoms with Gasteiger partial charge >= 0.3 is 0 Å². The first-order valence-electron chi connectivity index (χ1n) is 12.3. The van der Waals surface area contributed by atoms with Crippen LogP contribution in [0.5, 0.6) is 0 Å². The molecule has 0 spiro atoms. The molecule has 3 aromatic heterocycles. The molecule has 182 valence electrons. The number of nitrogens with one attached hydrogen (secondary N) is 2. The van der Waals surface area contributed by atoms with Crippen molar-refractivity contribution in [2.45, 2.75) is 19.8 Å². The smallest absolute Gasteiger partial charge is 0.254 e. The molecule has 2 aliphatic rings. The lowest BCUT2D eigenvalue weighted by Gasteiger charge is -2.35. The Bertz CT molecular complexity index is 1460. The number of aromatic nitrogens is 5. The molecule has 4 heterocycles. The largest absolute Gasteiger partial charge is 0.336 e. The number of allylic oxidation sites excluding steroid dienone is 2. The van der Waals surface area contributed by atoms with Gasteiger partial charge in [-0.2, -0.15) is 10.1 Å². The first-order chi connectivity index (χ1) is 17.7. The average molecular weight is 481 g/mol. The summed E-state index contributed by atoms with van der Waals surface area (Å²) in [7, 11) is 0. The fraction of sp³-hybridized carbons (Fsp3) is 0.259. The molecule has 1 aliphatic heterocycles. The molecule has 2 N–H and O–H groups in total. The fourth-order valence-electron chi connectivity index (χ4n) is 4.84. The molecule has 1 aliphatic carbocycles. The van der Waals surface area contributed by atoms with Crippen molar-refractivity contribution >= 4 is 34.6 Å². The van der Waals surface area contributed by atoms with Gasteiger partial charge < -0.3 is 15.1 Å². The molecular formula is C27H28N8O. The van der Waals surface area contributed by atoms with Crippen molar-refractivity contribution < 1.29 is 4.79 Å². The van der Waals surface area contributed by atoms with Crippen molar-refractivity contribution in [2.24, 2.45) is 0 Å². The summed E-state index contributed by atoms with van der Waals surface area (Å²) in [6.45, 7) is 4.52. The molecule has 4 aromatic rings. The van der Waals surface area contributed by atoms with Crippen molar-refractivity contribution in [2.75, 3.05) is 36.4 Å². The van der Waals surface area contributed by atoms with Crippen molar-refractivity contribution in [3.05, 3.63) is 83.7 Å². The number of carbonyl (C=O) groups is 1. The predicted octanol–water partition coefficient (Wildman–Crippen LogP) is 3.96. The van der Waals surface area contributed by atoms with Crippen LogP contribution in [0.15, 0.2) is 72.5 Å². The standard InChI is InChI=1S/C27H28N8O/c1-19-18-24(31-30-19)28-25-23-12-7-13-35(23)32-27(29-25)34-16-14-33(15-17-34)26(36)22-11-6-5-10-21(22)20-8-3-2-4-9-20/h2-4,6-9,11-13,18H,5,10,14-17H2,1H3,(H2,28,29,30,31,32). The van der Waals surface area contributed by atoms with E-state index in [9.17, 15) is 4.79 Å². The highest BCUT2D eigenvalue weighted by molar-refractivity contribution is 6.04. The Balaban J connectivity index is 1.20. The SMILES string of the molecule is Cc1cc(Nc2nc(N3CCN(C(=O)C4=C(c5ccccc5)CCC=C4)CC3)nn3cccc23)n[nH]1. The zero-order chi connectivity index (χ0) is 24.5. The number of benzene rings is 1. The molecule has 0 unspecified atom stereocenters. The third kappa shape index (κ3) is 4.24. The Morgan fingerprint density at radius 2 is 1.89 bits per heavy atom. The van der Waals surface area contributed by atoms with E-state index < -0.39 is 0 Å². The quantitative estimate of drug-likeness (QED) is 0.449. The van der Waals surface area contributed by atoms with E-state index >= 15 is 0 Å². The van der Waals surface area contributed by atoms with E-state index in [1.54, 1.807) is 0 Å². The van der Waals surface area contributed by atoms with E-state index in [1.807, 2.05) is 65.0 Å². The number of nitrogens with zero attached hydrogens (tertiary/aromatic N) is 6.